The Hall–Kier alpha value is -1.84. The van der Waals surface area contributed by atoms with Gasteiger partial charge in [-0.25, -0.2) is 0 Å². The van der Waals surface area contributed by atoms with Gasteiger partial charge in [-0.3, -0.25) is 20.4 Å². The molecule has 0 atom stereocenters. The molecule has 0 bridgehead atoms. The first kappa shape index (κ1) is 15.5. The summed E-state index contributed by atoms with van der Waals surface area (Å²) in [7, 11) is 0. The molecule has 0 aromatic heterocycles. The van der Waals surface area contributed by atoms with E-state index in [0.717, 1.165) is 12.0 Å². The molecule has 1 aliphatic rings. The van der Waals surface area contributed by atoms with E-state index in [1.54, 1.807) is 0 Å². The standard InChI is InChI=1S/C17H24N2O2/c20-16(12-11-14-7-3-1-4-8-14)18-19-17(21)13-15-9-5-2-6-10-15/h2,5-6,9-10,14H,1,3-4,7-8,11-13H2,(H,18,20)(H,19,21). The van der Waals surface area contributed by atoms with Gasteiger partial charge in [-0.2, -0.15) is 0 Å². The Morgan fingerprint density at radius 3 is 2.33 bits per heavy atom. The van der Waals surface area contributed by atoms with Crippen molar-refractivity contribution >= 4 is 11.8 Å². The van der Waals surface area contributed by atoms with E-state index in [2.05, 4.69) is 10.9 Å². The molecule has 0 heterocycles. The second kappa shape index (κ2) is 8.45. The maximum atomic E-state index is 11.7. The summed E-state index contributed by atoms with van der Waals surface area (Å²) in [6, 6.07) is 9.49. The summed E-state index contributed by atoms with van der Waals surface area (Å²) in [6.07, 6.45) is 8.11. The lowest BCUT2D eigenvalue weighted by atomic mass is 9.86. The molecule has 0 unspecified atom stereocenters. The molecule has 1 saturated carbocycles. The second-order valence-corrected chi connectivity index (χ2v) is 5.80. The maximum Gasteiger partial charge on any atom is 0.242 e. The minimum absolute atomic E-state index is 0.0954. The molecule has 2 amide bonds. The minimum atomic E-state index is -0.188. The normalized spacial score (nSPS) is 15.4. The van der Waals surface area contributed by atoms with Crippen molar-refractivity contribution in [2.24, 2.45) is 5.92 Å². The molecule has 2 rings (SSSR count). The second-order valence-electron chi connectivity index (χ2n) is 5.80. The summed E-state index contributed by atoms with van der Waals surface area (Å²) < 4.78 is 0. The number of carbonyl (C=O) groups is 2. The van der Waals surface area contributed by atoms with Gasteiger partial charge in [-0.15, -0.1) is 0 Å². The molecule has 2 N–H and O–H groups in total. The summed E-state index contributed by atoms with van der Waals surface area (Å²) in [6.45, 7) is 0. The Bertz CT molecular complexity index is 453. The summed E-state index contributed by atoms with van der Waals surface area (Å²) in [4.78, 5) is 23.4. The molecule has 4 nitrogen and oxygen atoms in total. The highest BCUT2D eigenvalue weighted by molar-refractivity contribution is 5.83. The van der Waals surface area contributed by atoms with Gasteiger partial charge in [0, 0.05) is 6.42 Å². The van der Waals surface area contributed by atoms with E-state index in [9.17, 15) is 9.59 Å². The van der Waals surface area contributed by atoms with Crippen LogP contribution in [0.2, 0.25) is 0 Å². The van der Waals surface area contributed by atoms with Gasteiger partial charge in [-0.05, 0) is 17.9 Å². The first-order valence-electron chi connectivity index (χ1n) is 7.85. The Kier molecular flexibility index (Phi) is 6.25. The highest BCUT2D eigenvalue weighted by atomic mass is 16.2. The number of hydrogen-bond donors (Lipinski definition) is 2. The van der Waals surface area contributed by atoms with E-state index < -0.39 is 0 Å². The van der Waals surface area contributed by atoms with Gasteiger partial charge >= 0.3 is 0 Å². The Morgan fingerprint density at radius 1 is 0.952 bits per heavy atom. The van der Waals surface area contributed by atoms with Crippen LogP contribution in [0.4, 0.5) is 0 Å². The van der Waals surface area contributed by atoms with Crippen molar-refractivity contribution in [1.29, 1.82) is 0 Å². The average molecular weight is 288 g/mol. The average Bonchev–Trinajstić information content (AvgIpc) is 2.53. The first-order chi connectivity index (χ1) is 10.2. The zero-order valence-corrected chi connectivity index (χ0v) is 12.4. The van der Waals surface area contributed by atoms with Crippen LogP contribution in [0.5, 0.6) is 0 Å². The SMILES string of the molecule is O=C(CCC1CCCCC1)NNC(=O)Cc1ccccc1. The van der Waals surface area contributed by atoms with Crippen molar-refractivity contribution < 1.29 is 9.59 Å². The quantitative estimate of drug-likeness (QED) is 0.818. The van der Waals surface area contributed by atoms with Gasteiger partial charge in [0.1, 0.15) is 0 Å². The fourth-order valence-corrected chi connectivity index (χ4v) is 2.84. The molecule has 1 aliphatic carbocycles. The van der Waals surface area contributed by atoms with Crippen LogP contribution in [0.25, 0.3) is 0 Å². The number of hydrogen-bond acceptors (Lipinski definition) is 2. The van der Waals surface area contributed by atoms with Crippen molar-refractivity contribution in [3.63, 3.8) is 0 Å². The third kappa shape index (κ3) is 5.98. The first-order valence-corrected chi connectivity index (χ1v) is 7.85. The molecule has 1 aromatic rings. The molecule has 0 spiro atoms. The summed E-state index contributed by atoms with van der Waals surface area (Å²) >= 11 is 0. The van der Waals surface area contributed by atoms with E-state index >= 15 is 0 Å². The van der Waals surface area contributed by atoms with Crippen molar-refractivity contribution in [3.05, 3.63) is 35.9 Å². The van der Waals surface area contributed by atoms with Crippen LogP contribution in [0, 0.1) is 5.92 Å². The monoisotopic (exact) mass is 288 g/mol. The van der Waals surface area contributed by atoms with Gasteiger partial charge in [-0.1, -0.05) is 62.4 Å². The van der Waals surface area contributed by atoms with Gasteiger partial charge < -0.3 is 0 Å². The van der Waals surface area contributed by atoms with E-state index in [-0.39, 0.29) is 18.2 Å². The molecule has 21 heavy (non-hydrogen) atoms. The minimum Gasteiger partial charge on any atom is -0.273 e. The fourth-order valence-electron chi connectivity index (χ4n) is 2.84. The van der Waals surface area contributed by atoms with Crippen LogP contribution in [0.15, 0.2) is 30.3 Å². The molecule has 0 aliphatic heterocycles. The topological polar surface area (TPSA) is 58.2 Å². The number of nitrogens with one attached hydrogen (secondary N) is 2. The lowest BCUT2D eigenvalue weighted by Gasteiger charge is -2.21. The van der Waals surface area contributed by atoms with Gasteiger partial charge in [0.05, 0.1) is 6.42 Å². The number of carbonyl (C=O) groups excluding carboxylic acids is 2. The van der Waals surface area contributed by atoms with Crippen LogP contribution in [0.3, 0.4) is 0 Å². The lowest BCUT2D eigenvalue weighted by molar-refractivity contribution is -0.128. The Morgan fingerprint density at radius 2 is 1.62 bits per heavy atom. The largest absolute Gasteiger partial charge is 0.273 e. The van der Waals surface area contributed by atoms with Crippen molar-refractivity contribution in [2.45, 2.75) is 51.4 Å². The molecule has 4 heteroatoms. The molecular weight excluding hydrogens is 264 g/mol. The summed E-state index contributed by atoms with van der Waals surface area (Å²) in [5, 5.41) is 0. The predicted molar refractivity (Wildman–Crippen MR) is 82.2 cm³/mol. The third-order valence-electron chi connectivity index (χ3n) is 4.05. The van der Waals surface area contributed by atoms with Crippen LogP contribution in [-0.2, 0) is 16.0 Å². The summed E-state index contributed by atoms with van der Waals surface area (Å²) in [5.41, 5.74) is 5.92. The predicted octanol–water partition coefficient (Wildman–Crippen LogP) is 2.74. The third-order valence-corrected chi connectivity index (χ3v) is 4.05. The van der Waals surface area contributed by atoms with E-state index in [4.69, 9.17) is 0 Å². The highest BCUT2D eigenvalue weighted by Gasteiger charge is 2.15. The smallest absolute Gasteiger partial charge is 0.242 e. The van der Waals surface area contributed by atoms with Crippen LogP contribution >= 0.6 is 0 Å². The molecular formula is C17H24N2O2. The zero-order chi connectivity index (χ0) is 14.9. The van der Waals surface area contributed by atoms with Crippen LogP contribution in [0.1, 0.15) is 50.5 Å². The highest BCUT2D eigenvalue weighted by Crippen LogP contribution is 2.27. The molecule has 0 saturated heterocycles. The van der Waals surface area contributed by atoms with E-state index in [1.807, 2.05) is 30.3 Å². The number of benzene rings is 1. The lowest BCUT2D eigenvalue weighted by Crippen LogP contribution is -2.42. The van der Waals surface area contributed by atoms with Crippen molar-refractivity contribution in [3.8, 4) is 0 Å². The van der Waals surface area contributed by atoms with Gasteiger partial charge in [0.2, 0.25) is 11.8 Å². The maximum absolute atomic E-state index is 11.7. The zero-order valence-electron chi connectivity index (χ0n) is 12.4. The van der Waals surface area contributed by atoms with Gasteiger partial charge in [0.25, 0.3) is 0 Å². The molecule has 1 fully saturated rings. The van der Waals surface area contributed by atoms with Crippen molar-refractivity contribution in [2.75, 3.05) is 0 Å². The Balaban J connectivity index is 1.60. The molecule has 114 valence electrons. The molecule has 1 aromatic carbocycles. The number of amides is 2. The van der Waals surface area contributed by atoms with E-state index in [0.29, 0.717) is 12.3 Å². The van der Waals surface area contributed by atoms with Crippen molar-refractivity contribution in [1.82, 2.24) is 10.9 Å². The Labute approximate surface area is 126 Å². The molecule has 0 radical (unpaired) electrons. The number of rotatable bonds is 5. The van der Waals surface area contributed by atoms with Crippen LogP contribution < -0.4 is 10.9 Å². The summed E-state index contributed by atoms with van der Waals surface area (Å²) in [5.74, 6) is 0.402. The van der Waals surface area contributed by atoms with Crippen LogP contribution in [-0.4, -0.2) is 11.8 Å². The van der Waals surface area contributed by atoms with Gasteiger partial charge in [0.15, 0.2) is 0 Å². The number of hydrazine groups is 1. The van der Waals surface area contributed by atoms with E-state index in [1.165, 1.54) is 32.1 Å². The fraction of sp³-hybridized carbons (Fsp3) is 0.529.